The third kappa shape index (κ3) is 3.37. The van der Waals surface area contributed by atoms with Gasteiger partial charge in [-0.15, -0.1) is 0 Å². The van der Waals surface area contributed by atoms with Gasteiger partial charge in [-0.1, -0.05) is 15.9 Å². The average molecular weight is 452 g/mol. The monoisotopic (exact) mass is 451 g/mol. The zero-order valence-corrected chi connectivity index (χ0v) is 13.6. The van der Waals surface area contributed by atoms with Crippen molar-refractivity contribution in [2.45, 2.75) is 35.1 Å². The molecule has 0 amide bonds. The summed E-state index contributed by atoms with van der Waals surface area (Å²) < 4.78 is 137. The number of hydrogen-bond acceptors (Lipinski definition) is 2. The van der Waals surface area contributed by atoms with Gasteiger partial charge in [0.1, 0.15) is 0 Å². The SMILES string of the molecule is CC(F)(c1cc(Br)[c]c(S(=O)(=O)C(F)(F)F)c1)C(F)(F)C(F)(F)F. The summed E-state index contributed by atoms with van der Waals surface area (Å²) in [7, 11) is -6.14. The van der Waals surface area contributed by atoms with E-state index in [1.54, 1.807) is 6.07 Å². The van der Waals surface area contributed by atoms with Gasteiger partial charge in [-0.3, -0.25) is 0 Å². The Labute approximate surface area is 137 Å². The van der Waals surface area contributed by atoms with Crippen LogP contribution in [-0.4, -0.2) is 26.0 Å². The van der Waals surface area contributed by atoms with Crippen LogP contribution in [0.4, 0.5) is 39.5 Å². The molecule has 1 unspecified atom stereocenters. The van der Waals surface area contributed by atoms with Gasteiger partial charge in [-0.2, -0.15) is 35.1 Å². The van der Waals surface area contributed by atoms with Crippen molar-refractivity contribution in [3.05, 3.63) is 28.2 Å². The first-order chi connectivity index (χ1) is 10.4. The molecule has 0 aliphatic rings. The fourth-order valence-corrected chi connectivity index (χ4v) is 2.86. The molecule has 1 rings (SSSR count). The Bertz CT molecular complexity index is 735. The van der Waals surface area contributed by atoms with Crippen molar-refractivity contribution >= 4 is 25.8 Å². The van der Waals surface area contributed by atoms with Gasteiger partial charge in [-0.25, -0.2) is 12.8 Å². The molecule has 13 heteroatoms. The van der Waals surface area contributed by atoms with E-state index in [9.17, 15) is 47.9 Å². The maximum atomic E-state index is 14.2. The van der Waals surface area contributed by atoms with Crippen molar-refractivity contribution < 1.29 is 47.9 Å². The summed E-state index contributed by atoms with van der Waals surface area (Å²) in [5, 5.41) is 0. The van der Waals surface area contributed by atoms with Gasteiger partial charge in [0.25, 0.3) is 9.84 Å². The Balaban J connectivity index is 3.65. The van der Waals surface area contributed by atoms with Crippen LogP contribution in [0.2, 0.25) is 0 Å². The lowest BCUT2D eigenvalue weighted by Crippen LogP contribution is -2.50. The molecular formula is C11H5BrF9O2S. The van der Waals surface area contributed by atoms with Crippen molar-refractivity contribution in [1.82, 2.24) is 0 Å². The Morgan fingerprint density at radius 1 is 0.958 bits per heavy atom. The van der Waals surface area contributed by atoms with Crippen LogP contribution in [0.1, 0.15) is 12.5 Å². The van der Waals surface area contributed by atoms with Crippen LogP contribution in [0, 0.1) is 6.07 Å². The zero-order chi connectivity index (χ0) is 19.4. The third-order valence-corrected chi connectivity index (χ3v) is 4.73. The van der Waals surface area contributed by atoms with E-state index in [2.05, 4.69) is 15.9 Å². The third-order valence-electron chi connectivity index (χ3n) is 2.89. The number of alkyl halides is 9. The Hall–Kier alpha value is -0.980. The molecule has 1 atom stereocenters. The van der Waals surface area contributed by atoms with Crippen LogP contribution in [0.3, 0.4) is 0 Å². The predicted octanol–water partition coefficient (Wildman–Crippen LogP) is 4.93. The number of hydrogen-bond donors (Lipinski definition) is 0. The highest BCUT2D eigenvalue weighted by Crippen LogP contribution is 2.51. The lowest BCUT2D eigenvalue weighted by Gasteiger charge is -2.32. The second-order valence-corrected chi connectivity index (χ2v) is 7.37. The molecule has 1 radical (unpaired) electrons. The molecule has 2 nitrogen and oxygen atoms in total. The van der Waals surface area contributed by atoms with Gasteiger partial charge in [0.15, 0.2) is 0 Å². The second kappa shape index (κ2) is 5.78. The fourth-order valence-electron chi connectivity index (χ4n) is 1.50. The number of halogens is 10. The first-order valence-corrected chi connectivity index (χ1v) is 7.81. The highest BCUT2D eigenvalue weighted by atomic mass is 79.9. The summed E-state index contributed by atoms with van der Waals surface area (Å²) in [6, 6.07) is 1.57. The summed E-state index contributed by atoms with van der Waals surface area (Å²) in [5.74, 6) is -6.00. The van der Waals surface area contributed by atoms with E-state index in [0.29, 0.717) is 0 Å². The number of sulfone groups is 1. The van der Waals surface area contributed by atoms with Gasteiger partial charge < -0.3 is 0 Å². The van der Waals surface area contributed by atoms with Gasteiger partial charge in [0.2, 0.25) is 5.67 Å². The van der Waals surface area contributed by atoms with Crippen LogP contribution in [0.15, 0.2) is 21.5 Å². The first kappa shape index (κ1) is 21.1. The molecule has 1 aromatic rings. The van der Waals surface area contributed by atoms with Crippen molar-refractivity contribution in [2.24, 2.45) is 0 Å². The van der Waals surface area contributed by atoms with Gasteiger partial charge in [0.05, 0.1) is 4.90 Å². The van der Waals surface area contributed by atoms with Gasteiger partial charge in [0, 0.05) is 10.5 Å². The first-order valence-electron chi connectivity index (χ1n) is 5.54. The van der Waals surface area contributed by atoms with E-state index in [-0.39, 0.29) is 19.1 Å². The molecule has 0 heterocycles. The minimum absolute atomic E-state index is 0.230. The van der Waals surface area contributed by atoms with Crippen molar-refractivity contribution in [3.63, 3.8) is 0 Å². The Morgan fingerprint density at radius 2 is 1.42 bits per heavy atom. The Kier molecular flexibility index (Phi) is 5.07. The fraction of sp³-hybridized carbons (Fsp3) is 0.455. The quantitative estimate of drug-likeness (QED) is 0.611. The summed E-state index contributed by atoms with van der Waals surface area (Å²) in [6.45, 7) is -0.230. The number of benzene rings is 1. The minimum atomic E-state index is -6.37. The second-order valence-electron chi connectivity index (χ2n) is 4.61. The molecule has 0 saturated heterocycles. The van der Waals surface area contributed by atoms with Crippen molar-refractivity contribution in [3.8, 4) is 0 Å². The van der Waals surface area contributed by atoms with Crippen LogP contribution < -0.4 is 0 Å². The normalized spacial score (nSPS) is 16.8. The van der Waals surface area contributed by atoms with Crippen molar-refractivity contribution in [2.75, 3.05) is 0 Å². The largest absolute Gasteiger partial charge is 0.501 e. The van der Waals surface area contributed by atoms with E-state index in [0.717, 1.165) is 0 Å². The molecular weight excluding hydrogens is 447 g/mol. The Morgan fingerprint density at radius 3 is 1.79 bits per heavy atom. The van der Waals surface area contributed by atoms with Crippen LogP contribution >= 0.6 is 15.9 Å². The number of rotatable bonds is 3. The summed E-state index contributed by atoms with van der Waals surface area (Å²) in [5.41, 5.74) is -12.1. The van der Waals surface area contributed by atoms with Crippen molar-refractivity contribution in [1.29, 1.82) is 0 Å². The molecule has 24 heavy (non-hydrogen) atoms. The highest BCUT2D eigenvalue weighted by molar-refractivity contribution is 9.10. The maximum absolute atomic E-state index is 14.2. The maximum Gasteiger partial charge on any atom is 0.501 e. The molecule has 1 aromatic carbocycles. The van der Waals surface area contributed by atoms with E-state index in [4.69, 9.17) is 0 Å². The van der Waals surface area contributed by atoms with Crippen LogP contribution in [0.25, 0.3) is 0 Å². The minimum Gasteiger partial charge on any atom is -0.232 e. The summed E-state index contributed by atoms with van der Waals surface area (Å²) in [6.07, 6.45) is -6.37. The summed E-state index contributed by atoms with van der Waals surface area (Å²) in [4.78, 5) is -1.80. The van der Waals surface area contributed by atoms with E-state index in [1.807, 2.05) is 0 Å². The zero-order valence-electron chi connectivity index (χ0n) is 11.2. The molecule has 0 aliphatic heterocycles. The van der Waals surface area contributed by atoms with Crippen LogP contribution in [0.5, 0.6) is 0 Å². The standard InChI is InChI=1S/C11H5BrF9O2S/c1-8(13,9(14,15)10(16,17)18)5-2-6(12)4-7(3-5)24(22,23)11(19,20)21/h2-3H,1H3. The average Bonchev–Trinajstić information content (AvgIpc) is 2.34. The topological polar surface area (TPSA) is 34.1 Å². The molecule has 0 aromatic heterocycles. The molecule has 0 fully saturated rings. The highest BCUT2D eigenvalue weighted by Gasteiger charge is 2.70. The molecule has 137 valence electrons. The van der Waals surface area contributed by atoms with Gasteiger partial charge >= 0.3 is 17.6 Å². The van der Waals surface area contributed by atoms with Gasteiger partial charge in [-0.05, 0) is 24.6 Å². The van der Waals surface area contributed by atoms with E-state index >= 15 is 0 Å². The lowest BCUT2D eigenvalue weighted by molar-refractivity contribution is -0.327. The van der Waals surface area contributed by atoms with E-state index in [1.165, 1.54) is 0 Å². The molecule has 0 N–H and O–H groups in total. The smallest absolute Gasteiger partial charge is 0.232 e. The van der Waals surface area contributed by atoms with Crippen LogP contribution in [-0.2, 0) is 15.5 Å². The summed E-state index contributed by atoms with van der Waals surface area (Å²) >= 11 is 2.40. The molecule has 0 bridgehead atoms. The lowest BCUT2D eigenvalue weighted by atomic mass is 9.90. The predicted molar refractivity (Wildman–Crippen MR) is 65.7 cm³/mol. The molecule has 0 aliphatic carbocycles. The molecule has 0 spiro atoms. The molecule has 0 saturated carbocycles. The van der Waals surface area contributed by atoms with E-state index < -0.39 is 48.0 Å².